The molecular formula is C17H19Cl2N3O3S2. The minimum atomic E-state index is -3.75. The van der Waals surface area contributed by atoms with Gasteiger partial charge in [-0.1, -0.05) is 29.3 Å². The third kappa shape index (κ3) is 4.94. The molecule has 1 aliphatic heterocycles. The van der Waals surface area contributed by atoms with E-state index in [-0.39, 0.29) is 29.0 Å². The Labute approximate surface area is 172 Å². The van der Waals surface area contributed by atoms with Gasteiger partial charge >= 0.3 is 6.03 Å². The zero-order chi connectivity index (χ0) is 19.4. The van der Waals surface area contributed by atoms with Crippen molar-refractivity contribution in [3.05, 3.63) is 50.6 Å². The number of halogens is 2. The predicted octanol–water partition coefficient (Wildman–Crippen LogP) is 3.31. The summed E-state index contributed by atoms with van der Waals surface area (Å²) in [5.74, 6) is 0. The van der Waals surface area contributed by atoms with E-state index in [0.717, 1.165) is 6.42 Å². The van der Waals surface area contributed by atoms with E-state index < -0.39 is 10.0 Å². The largest absolute Gasteiger partial charge is 0.338 e. The van der Waals surface area contributed by atoms with Crippen molar-refractivity contribution in [3.8, 4) is 0 Å². The van der Waals surface area contributed by atoms with Crippen molar-refractivity contribution in [2.45, 2.75) is 11.3 Å². The highest BCUT2D eigenvalue weighted by Crippen LogP contribution is 2.28. The van der Waals surface area contributed by atoms with Crippen molar-refractivity contribution >= 4 is 50.6 Å². The van der Waals surface area contributed by atoms with Crippen LogP contribution < -0.4 is 5.32 Å². The summed E-state index contributed by atoms with van der Waals surface area (Å²) < 4.78 is 26.9. The molecular weight excluding hydrogens is 429 g/mol. The minimum absolute atomic E-state index is 0.00878. The lowest BCUT2D eigenvalue weighted by atomic mass is 10.3. The molecule has 0 spiro atoms. The van der Waals surface area contributed by atoms with Crippen molar-refractivity contribution in [1.82, 2.24) is 14.5 Å². The lowest BCUT2D eigenvalue weighted by Crippen LogP contribution is -2.53. The number of thiophene rings is 1. The molecule has 3 rings (SSSR count). The second-order valence-corrected chi connectivity index (χ2v) is 9.81. The van der Waals surface area contributed by atoms with Gasteiger partial charge in [-0.05, 0) is 36.1 Å². The van der Waals surface area contributed by atoms with Gasteiger partial charge in [0.05, 0.1) is 5.02 Å². The van der Waals surface area contributed by atoms with Crippen molar-refractivity contribution in [2.24, 2.45) is 0 Å². The van der Waals surface area contributed by atoms with Crippen molar-refractivity contribution < 1.29 is 13.2 Å². The fourth-order valence-electron chi connectivity index (χ4n) is 2.80. The van der Waals surface area contributed by atoms with Gasteiger partial charge in [0.2, 0.25) is 10.0 Å². The number of benzene rings is 1. The number of urea groups is 1. The van der Waals surface area contributed by atoms with Crippen LogP contribution in [0.15, 0.2) is 40.6 Å². The van der Waals surface area contributed by atoms with Crippen LogP contribution in [0.4, 0.5) is 4.79 Å². The summed E-state index contributed by atoms with van der Waals surface area (Å²) in [6.07, 6.45) is 0.783. The molecule has 1 saturated heterocycles. The van der Waals surface area contributed by atoms with Crippen molar-refractivity contribution in [2.75, 3.05) is 32.7 Å². The first-order valence-electron chi connectivity index (χ1n) is 8.38. The molecule has 146 valence electrons. The number of sulfonamides is 1. The van der Waals surface area contributed by atoms with Gasteiger partial charge in [-0.15, -0.1) is 11.3 Å². The molecule has 2 aromatic rings. The van der Waals surface area contributed by atoms with Crippen LogP contribution >= 0.6 is 34.5 Å². The zero-order valence-electron chi connectivity index (χ0n) is 14.4. The van der Waals surface area contributed by atoms with E-state index in [2.05, 4.69) is 5.32 Å². The Bertz CT molecular complexity index is 896. The van der Waals surface area contributed by atoms with Gasteiger partial charge in [-0.3, -0.25) is 0 Å². The number of carbonyl (C=O) groups is 1. The lowest BCUT2D eigenvalue weighted by molar-refractivity contribution is 0.172. The molecule has 1 N–H and O–H groups in total. The fraction of sp³-hybridized carbons (Fsp3) is 0.353. The smallest absolute Gasteiger partial charge is 0.317 e. The highest BCUT2D eigenvalue weighted by molar-refractivity contribution is 7.89. The number of amides is 2. The average molecular weight is 448 g/mol. The van der Waals surface area contributed by atoms with Crippen molar-refractivity contribution in [3.63, 3.8) is 0 Å². The third-order valence-corrected chi connectivity index (χ3v) is 7.82. The molecule has 1 aliphatic rings. The van der Waals surface area contributed by atoms with E-state index in [9.17, 15) is 13.2 Å². The van der Waals surface area contributed by atoms with Crippen LogP contribution in [0.25, 0.3) is 0 Å². The first-order chi connectivity index (χ1) is 12.9. The molecule has 0 saturated carbocycles. The number of rotatable bonds is 5. The molecule has 1 fully saturated rings. The molecule has 27 heavy (non-hydrogen) atoms. The van der Waals surface area contributed by atoms with Crippen LogP contribution in [-0.4, -0.2) is 56.4 Å². The third-order valence-electron chi connectivity index (χ3n) is 4.26. The normalized spacial score (nSPS) is 15.7. The standard InChI is InChI=1S/C17H19Cl2N3O3S2/c18-13-3-4-15(19)16(12-13)27(24,25)22-9-7-21(8-10-22)17(23)20-6-5-14-2-1-11-26-14/h1-4,11-12H,5-10H2,(H,20,23). The summed E-state index contributed by atoms with van der Waals surface area (Å²) >= 11 is 13.6. The van der Waals surface area contributed by atoms with Gasteiger partial charge in [0.25, 0.3) is 0 Å². The molecule has 0 atom stereocenters. The number of nitrogens with one attached hydrogen (secondary N) is 1. The number of carbonyl (C=O) groups excluding carboxylic acids is 1. The number of piperazine rings is 1. The zero-order valence-corrected chi connectivity index (χ0v) is 17.5. The van der Waals surface area contributed by atoms with Crippen LogP contribution in [0.3, 0.4) is 0 Å². The number of hydrogen-bond donors (Lipinski definition) is 1. The average Bonchev–Trinajstić information content (AvgIpc) is 3.17. The maximum absolute atomic E-state index is 12.8. The van der Waals surface area contributed by atoms with E-state index in [1.165, 1.54) is 21.3 Å². The SMILES string of the molecule is O=C(NCCc1cccs1)N1CCN(S(=O)(=O)c2cc(Cl)ccc2Cl)CC1. The summed E-state index contributed by atoms with van der Waals surface area (Å²) in [6.45, 7) is 1.62. The van der Waals surface area contributed by atoms with Gasteiger partial charge in [-0.2, -0.15) is 4.31 Å². The molecule has 6 nitrogen and oxygen atoms in total. The minimum Gasteiger partial charge on any atom is -0.338 e. The van der Waals surface area contributed by atoms with Crippen molar-refractivity contribution in [1.29, 1.82) is 0 Å². The topological polar surface area (TPSA) is 69.7 Å². The number of nitrogens with zero attached hydrogens (tertiary/aromatic N) is 2. The Morgan fingerprint density at radius 3 is 2.56 bits per heavy atom. The molecule has 0 bridgehead atoms. The first kappa shape index (κ1) is 20.4. The second kappa shape index (κ2) is 8.79. The van der Waals surface area contributed by atoms with E-state index in [1.54, 1.807) is 22.3 Å². The van der Waals surface area contributed by atoms with E-state index in [0.29, 0.717) is 24.7 Å². The summed E-state index contributed by atoms with van der Waals surface area (Å²) in [6, 6.07) is 8.19. The number of hydrogen-bond acceptors (Lipinski definition) is 4. The second-order valence-electron chi connectivity index (χ2n) is 6.03. The Morgan fingerprint density at radius 2 is 1.89 bits per heavy atom. The molecule has 0 unspecified atom stereocenters. The molecule has 0 radical (unpaired) electrons. The Morgan fingerprint density at radius 1 is 1.15 bits per heavy atom. The monoisotopic (exact) mass is 447 g/mol. The van der Waals surface area contributed by atoms with Crippen LogP contribution in [0.5, 0.6) is 0 Å². The van der Waals surface area contributed by atoms with E-state index >= 15 is 0 Å². The molecule has 2 amide bonds. The van der Waals surface area contributed by atoms with E-state index in [1.807, 2.05) is 17.5 Å². The first-order valence-corrected chi connectivity index (χ1v) is 11.5. The fourth-order valence-corrected chi connectivity index (χ4v) is 5.67. The summed E-state index contributed by atoms with van der Waals surface area (Å²) in [7, 11) is -3.75. The maximum Gasteiger partial charge on any atom is 0.317 e. The van der Waals surface area contributed by atoms with Crippen LogP contribution in [0.1, 0.15) is 4.88 Å². The quantitative estimate of drug-likeness (QED) is 0.763. The van der Waals surface area contributed by atoms with Gasteiger partial charge in [-0.25, -0.2) is 13.2 Å². The highest BCUT2D eigenvalue weighted by Gasteiger charge is 2.31. The van der Waals surface area contributed by atoms with Crippen LogP contribution in [0.2, 0.25) is 10.0 Å². The predicted molar refractivity (Wildman–Crippen MR) is 108 cm³/mol. The molecule has 0 aliphatic carbocycles. The van der Waals surface area contributed by atoms with E-state index in [4.69, 9.17) is 23.2 Å². The maximum atomic E-state index is 12.8. The summed E-state index contributed by atoms with van der Waals surface area (Å²) in [5, 5.41) is 5.32. The summed E-state index contributed by atoms with van der Waals surface area (Å²) in [5.41, 5.74) is 0. The van der Waals surface area contributed by atoms with Crippen LogP contribution in [-0.2, 0) is 16.4 Å². The van der Waals surface area contributed by atoms with Gasteiger partial charge in [0.1, 0.15) is 4.90 Å². The van der Waals surface area contributed by atoms with Crippen LogP contribution in [0, 0.1) is 0 Å². The Kier molecular flexibility index (Phi) is 6.65. The molecule has 1 aromatic heterocycles. The van der Waals surface area contributed by atoms with Gasteiger partial charge < -0.3 is 10.2 Å². The Balaban J connectivity index is 1.54. The Hall–Kier alpha value is -1.32. The van der Waals surface area contributed by atoms with Gasteiger partial charge in [0.15, 0.2) is 0 Å². The van der Waals surface area contributed by atoms with Gasteiger partial charge in [0, 0.05) is 42.6 Å². The molecule has 2 heterocycles. The highest BCUT2D eigenvalue weighted by atomic mass is 35.5. The molecule has 10 heteroatoms. The molecule has 1 aromatic carbocycles. The summed E-state index contributed by atoms with van der Waals surface area (Å²) in [4.78, 5) is 15.1. The lowest BCUT2D eigenvalue weighted by Gasteiger charge is -2.34.